The molecule has 8 nitrogen and oxygen atoms in total. The number of piperidine rings is 1. The van der Waals surface area contributed by atoms with E-state index in [1.165, 1.54) is 4.90 Å². The van der Waals surface area contributed by atoms with Crippen molar-refractivity contribution in [1.29, 1.82) is 0 Å². The van der Waals surface area contributed by atoms with Gasteiger partial charge in [0.1, 0.15) is 0 Å². The van der Waals surface area contributed by atoms with Crippen LogP contribution in [0.3, 0.4) is 0 Å². The number of hydrogen-bond acceptors (Lipinski definition) is 5. The summed E-state index contributed by atoms with van der Waals surface area (Å²) >= 11 is 0. The van der Waals surface area contributed by atoms with Crippen molar-refractivity contribution >= 4 is 23.4 Å². The van der Waals surface area contributed by atoms with E-state index in [2.05, 4.69) is 10.00 Å². The molecule has 0 bridgehead atoms. The fourth-order valence-electron chi connectivity index (χ4n) is 5.24. The summed E-state index contributed by atoms with van der Waals surface area (Å²) in [6.07, 6.45) is 3.36. The molecule has 1 aromatic heterocycles. The molecule has 8 heteroatoms. The maximum Gasteiger partial charge on any atom is 0.263 e. The number of benzene rings is 2. The molecule has 0 aliphatic carbocycles. The Kier molecular flexibility index (Phi) is 6.35. The molecule has 0 unspecified atom stereocenters. The molecule has 5 rings (SSSR count). The van der Waals surface area contributed by atoms with E-state index >= 15 is 0 Å². The third kappa shape index (κ3) is 4.27. The quantitative estimate of drug-likeness (QED) is 0.500. The average molecular weight is 486 g/mol. The Bertz CT molecular complexity index is 1320. The number of rotatable bonds is 6. The summed E-state index contributed by atoms with van der Waals surface area (Å²) in [7, 11) is 3.68. The van der Waals surface area contributed by atoms with Gasteiger partial charge in [-0.15, -0.1) is 0 Å². The van der Waals surface area contributed by atoms with Crippen LogP contribution in [0.15, 0.2) is 54.7 Å². The van der Waals surface area contributed by atoms with Crippen molar-refractivity contribution in [3.63, 3.8) is 0 Å². The predicted molar refractivity (Wildman–Crippen MR) is 136 cm³/mol. The molecule has 186 valence electrons. The zero-order valence-corrected chi connectivity index (χ0v) is 21.0. The second-order valence-corrected chi connectivity index (χ2v) is 9.74. The minimum Gasteiger partial charge on any atom is -0.370 e. The molecule has 0 spiro atoms. The van der Waals surface area contributed by atoms with Crippen LogP contribution in [0.5, 0.6) is 0 Å². The third-order valence-electron chi connectivity index (χ3n) is 7.39. The Morgan fingerprint density at radius 2 is 1.86 bits per heavy atom. The van der Waals surface area contributed by atoms with Gasteiger partial charge in [0.05, 0.1) is 35.5 Å². The van der Waals surface area contributed by atoms with E-state index in [0.717, 1.165) is 41.9 Å². The summed E-state index contributed by atoms with van der Waals surface area (Å²) in [6, 6.07) is 15.4. The van der Waals surface area contributed by atoms with Crippen molar-refractivity contribution in [3.8, 4) is 0 Å². The van der Waals surface area contributed by atoms with Gasteiger partial charge in [-0.2, -0.15) is 5.10 Å². The summed E-state index contributed by atoms with van der Waals surface area (Å²) in [5.74, 6) is -0.632. The number of aromatic nitrogens is 2. The third-order valence-corrected chi connectivity index (χ3v) is 7.39. The molecule has 1 saturated heterocycles. The maximum atomic E-state index is 13.5. The van der Waals surface area contributed by atoms with Gasteiger partial charge in [-0.3, -0.25) is 24.0 Å². The molecule has 0 N–H and O–H groups in total. The molecule has 2 aromatic carbocycles. The molecule has 1 fully saturated rings. The molecule has 3 amide bonds. The van der Waals surface area contributed by atoms with Crippen LogP contribution >= 0.6 is 0 Å². The Morgan fingerprint density at radius 1 is 1.08 bits per heavy atom. The standard InChI is InChI=1S/C28H31N5O3/c1-19-22(15-29-31(19)3)18-33-27(35)23-12-7-13-24(25(23)28(33)36)32-14-8-11-21(17-32)26(34)30(2)16-20-9-5-4-6-10-20/h4-7,9-10,12-13,15,21H,8,11,14,16-18H2,1-3H3/t21-/m0/s1. The fourth-order valence-corrected chi connectivity index (χ4v) is 5.24. The van der Waals surface area contributed by atoms with Crippen LogP contribution in [-0.2, 0) is 24.9 Å². The van der Waals surface area contributed by atoms with Gasteiger partial charge in [-0.1, -0.05) is 36.4 Å². The zero-order valence-electron chi connectivity index (χ0n) is 21.0. The van der Waals surface area contributed by atoms with Crippen LogP contribution < -0.4 is 4.90 Å². The lowest BCUT2D eigenvalue weighted by Crippen LogP contribution is -2.44. The minimum absolute atomic E-state index is 0.104. The molecule has 3 heterocycles. The van der Waals surface area contributed by atoms with E-state index in [1.807, 2.05) is 63.5 Å². The van der Waals surface area contributed by atoms with Crippen molar-refractivity contribution in [3.05, 3.63) is 82.7 Å². The first-order valence-electron chi connectivity index (χ1n) is 12.4. The Balaban J connectivity index is 1.34. The largest absolute Gasteiger partial charge is 0.370 e. The van der Waals surface area contributed by atoms with Crippen LogP contribution in [0.25, 0.3) is 0 Å². The molecule has 0 radical (unpaired) electrons. The predicted octanol–water partition coefficient (Wildman–Crippen LogP) is 3.40. The number of anilines is 1. The van der Waals surface area contributed by atoms with Gasteiger partial charge in [-0.25, -0.2) is 0 Å². The van der Waals surface area contributed by atoms with Gasteiger partial charge in [0.15, 0.2) is 0 Å². The first-order valence-corrected chi connectivity index (χ1v) is 12.4. The Labute approximate surface area is 211 Å². The van der Waals surface area contributed by atoms with Crippen LogP contribution in [0.4, 0.5) is 5.69 Å². The van der Waals surface area contributed by atoms with Gasteiger partial charge < -0.3 is 9.80 Å². The molecule has 36 heavy (non-hydrogen) atoms. The summed E-state index contributed by atoms with van der Waals surface area (Å²) < 4.78 is 1.73. The molecule has 1 atom stereocenters. The number of hydrogen-bond donors (Lipinski definition) is 0. The molecule has 3 aromatic rings. The highest BCUT2D eigenvalue weighted by Gasteiger charge is 2.40. The SMILES string of the molecule is Cc1c(CN2C(=O)c3cccc(N4CCC[C@H](C(=O)N(C)Cc5ccccc5)C4)c3C2=O)cnn1C. The summed E-state index contributed by atoms with van der Waals surface area (Å²) in [6.45, 7) is 3.94. The van der Waals surface area contributed by atoms with Crippen molar-refractivity contribution < 1.29 is 14.4 Å². The minimum atomic E-state index is -0.288. The lowest BCUT2D eigenvalue weighted by molar-refractivity contribution is -0.135. The highest BCUT2D eigenvalue weighted by atomic mass is 16.2. The maximum absolute atomic E-state index is 13.5. The molecular weight excluding hydrogens is 454 g/mol. The van der Waals surface area contributed by atoms with Crippen molar-refractivity contribution in [2.45, 2.75) is 32.9 Å². The molecule has 0 saturated carbocycles. The lowest BCUT2D eigenvalue weighted by atomic mass is 9.94. The van der Waals surface area contributed by atoms with Crippen LogP contribution in [0.2, 0.25) is 0 Å². The fraction of sp³-hybridized carbons (Fsp3) is 0.357. The zero-order chi connectivity index (χ0) is 25.4. The first kappa shape index (κ1) is 23.8. The normalized spacial score (nSPS) is 17.5. The number of aryl methyl sites for hydroxylation is 1. The molecule has 2 aliphatic rings. The van der Waals surface area contributed by atoms with Crippen molar-refractivity contribution in [2.24, 2.45) is 13.0 Å². The number of amides is 3. The monoisotopic (exact) mass is 485 g/mol. The topological polar surface area (TPSA) is 78.8 Å². The highest BCUT2D eigenvalue weighted by Crippen LogP contribution is 2.35. The van der Waals surface area contributed by atoms with E-state index in [1.54, 1.807) is 21.8 Å². The summed E-state index contributed by atoms with van der Waals surface area (Å²) in [5, 5.41) is 4.24. The van der Waals surface area contributed by atoms with Gasteiger partial charge in [0.25, 0.3) is 11.8 Å². The van der Waals surface area contributed by atoms with Gasteiger partial charge in [0, 0.05) is 45.0 Å². The van der Waals surface area contributed by atoms with E-state index in [4.69, 9.17) is 0 Å². The second-order valence-electron chi connectivity index (χ2n) is 9.74. The second kappa shape index (κ2) is 9.60. The van der Waals surface area contributed by atoms with Gasteiger partial charge in [-0.05, 0) is 37.5 Å². The van der Waals surface area contributed by atoms with Crippen LogP contribution in [0, 0.1) is 12.8 Å². The number of fused-ring (bicyclic) bond motifs is 1. The van der Waals surface area contributed by atoms with Crippen LogP contribution in [-0.4, -0.2) is 57.4 Å². The number of nitrogens with zero attached hydrogens (tertiary/aromatic N) is 5. The van der Waals surface area contributed by atoms with Crippen LogP contribution in [0.1, 0.15) is 50.4 Å². The summed E-state index contributed by atoms with van der Waals surface area (Å²) in [4.78, 5) is 45.2. The molecule has 2 aliphatic heterocycles. The molecular formula is C28H31N5O3. The first-order chi connectivity index (χ1) is 17.3. The van der Waals surface area contributed by atoms with Gasteiger partial charge in [0.2, 0.25) is 5.91 Å². The smallest absolute Gasteiger partial charge is 0.263 e. The Hall–Kier alpha value is -3.94. The van der Waals surface area contributed by atoms with Crippen molar-refractivity contribution in [2.75, 3.05) is 25.0 Å². The van der Waals surface area contributed by atoms with Crippen molar-refractivity contribution in [1.82, 2.24) is 19.6 Å². The number of carbonyl (C=O) groups is 3. The van der Waals surface area contributed by atoms with E-state index in [0.29, 0.717) is 24.2 Å². The summed E-state index contributed by atoms with van der Waals surface area (Å²) in [5.41, 5.74) is 4.46. The van der Waals surface area contributed by atoms with E-state index < -0.39 is 0 Å². The average Bonchev–Trinajstić information content (AvgIpc) is 3.35. The highest BCUT2D eigenvalue weighted by molar-refractivity contribution is 6.23. The van der Waals surface area contributed by atoms with E-state index in [9.17, 15) is 14.4 Å². The number of carbonyl (C=O) groups excluding carboxylic acids is 3. The lowest BCUT2D eigenvalue weighted by Gasteiger charge is -2.36. The van der Waals surface area contributed by atoms with E-state index in [-0.39, 0.29) is 30.2 Å². The number of imide groups is 1. The van der Waals surface area contributed by atoms with Gasteiger partial charge >= 0.3 is 0 Å². The Morgan fingerprint density at radius 3 is 2.58 bits per heavy atom.